The fourth-order valence-electron chi connectivity index (χ4n) is 2.05. The first-order chi connectivity index (χ1) is 7.25. The molecule has 1 aliphatic rings. The van der Waals surface area contributed by atoms with Crippen molar-refractivity contribution in [3.63, 3.8) is 0 Å². The fourth-order valence-corrected chi connectivity index (χ4v) is 2.59. The normalized spacial score (nSPS) is 15.6. The predicted octanol–water partition coefficient (Wildman–Crippen LogP) is 3.14. The quantitative estimate of drug-likeness (QED) is 0.781. The molecule has 1 aromatic heterocycles. The van der Waals surface area contributed by atoms with Gasteiger partial charge in [0.15, 0.2) is 0 Å². The van der Waals surface area contributed by atoms with Crippen LogP contribution in [0.25, 0.3) is 10.9 Å². The molecule has 0 bridgehead atoms. The molecule has 0 radical (unpaired) electrons. The number of nitrogens with one attached hydrogen (secondary N) is 1. The number of halogens is 2. The van der Waals surface area contributed by atoms with Gasteiger partial charge in [-0.3, -0.25) is 0 Å². The SMILES string of the molecule is Fc1cc(Br)c2[nH]c3c(c2c1)COCC3. The van der Waals surface area contributed by atoms with Crippen LogP contribution in [0, 0.1) is 5.82 Å². The topological polar surface area (TPSA) is 25.0 Å². The van der Waals surface area contributed by atoms with E-state index >= 15 is 0 Å². The minimum atomic E-state index is -0.221. The van der Waals surface area contributed by atoms with Gasteiger partial charge >= 0.3 is 0 Å². The molecule has 2 aromatic rings. The van der Waals surface area contributed by atoms with Crippen molar-refractivity contribution in [2.45, 2.75) is 13.0 Å². The number of benzene rings is 1. The largest absolute Gasteiger partial charge is 0.376 e. The van der Waals surface area contributed by atoms with Crippen molar-refractivity contribution >= 4 is 26.8 Å². The van der Waals surface area contributed by atoms with Crippen molar-refractivity contribution in [1.29, 1.82) is 0 Å². The molecule has 1 aliphatic heterocycles. The number of aromatic amines is 1. The van der Waals surface area contributed by atoms with Crippen LogP contribution in [0.5, 0.6) is 0 Å². The number of ether oxygens (including phenoxy) is 1. The van der Waals surface area contributed by atoms with Crippen molar-refractivity contribution in [3.05, 3.63) is 33.7 Å². The maximum atomic E-state index is 13.3. The van der Waals surface area contributed by atoms with Crippen LogP contribution in [0.4, 0.5) is 4.39 Å². The molecule has 1 N–H and O–H groups in total. The second-order valence-electron chi connectivity index (χ2n) is 3.69. The molecule has 2 nitrogen and oxygen atoms in total. The van der Waals surface area contributed by atoms with Crippen molar-refractivity contribution in [3.8, 4) is 0 Å². The third-order valence-electron chi connectivity index (χ3n) is 2.76. The van der Waals surface area contributed by atoms with Gasteiger partial charge in [0.25, 0.3) is 0 Å². The third-order valence-corrected chi connectivity index (χ3v) is 3.39. The molecular weight excluding hydrogens is 261 g/mol. The molecule has 15 heavy (non-hydrogen) atoms. The lowest BCUT2D eigenvalue weighted by atomic mass is 10.1. The average molecular weight is 270 g/mol. The first-order valence-corrected chi connectivity index (χ1v) is 5.61. The van der Waals surface area contributed by atoms with Gasteiger partial charge in [0.2, 0.25) is 0 Å². The molecule has 0 spiro atoms. The Morgan fingerprint density at radius 1 is 1.40 bits per heavy atom. The molecule has 0 unspecified atom stereocenters. The second-order valence-corrected chi connectivity index (χ2v) is 4.55. The lowest BCUT2D eigenvalue weighted by Gasteiger charge is -2.11. The van der Waals surface area contributed by atoms with Crippen LogP contribution in [0.1, 0.15) is 11.3 Å². The van der Waals surface area contributed by atoms with Crippen LogP contribution in [-0.2, 0) is 17.8 Å². The number of H-pyrrole nitrogens is 1. The highest BCUT2D eigenvalue weighted by molar-refractivity contribution is 9.10. The summed E-state index contributed by atoms with van der Waals surface area (Å²) in [6.45, 7) is 1.31. The van der Waals surface area contributed by atoms with E-state index < -0.39 is 0 Å². The molecule has 2 heterocycles. The molecule has 0 aliphatic carbocycles. The van der Waals surface area contributed by atoms with Gasteiger partial charge in [0, 0.05) is 27.5 Å². The number of fused-ring (bicyclic) bond motifs is 3. The first kappa shape index (κ1) is 9.36. The molecule has 1 aromatic carbocycles. The summed E-state index contributed by atoms with van der Waals surface area (Å²) in [6, 6.07) is 3.04. The molecule has 0 saturated heterocycles. The Balaban J connectivity index is 2.37. The van der Waals surface area contributed by atoms with Gasteiger partial charge in [-0.05, 0) is 28.1 Å². The molecule has 0 atom stereocenters. The standard InChI is InChI=1S/C11H9BrFNO/c12-9-4-6(13)3-7-8-5-15-2-1-10(8)14-11(7)9/h3-4,14H,1-2,5H2. The van der Waals surface area contributed by atoms with E-state index in [1.807, 2.05) is 0 Å². The van der Waals surface area contributed by atoms with Gasteiger partial charge in [-0.1, -0.05) is 0 Å². The van der Waals surface area contributed by atoms with Gasteiger partial charge in [-0.2, -0.15) is 0 Å². The van der Waals surface area contributed by atoms with Crippen LogP contribution < -0.4 is 0 Å². The van der Waals surface area contributed by atoms with Gasteiger partial charge in [0.1, 0.15) is 5.82 Å². The maximum Gasteiger partial charge on any atom is 0.125 e. The summed E-state index contributed by atoms with van der Waals surface area (Å²) in [6.07, 6.45) is 0.873. The van der Waals surface area contributed by atoms with Crippen LogP contribution in [-0.4, -0.2) is 11.6 Å². The Labute approximate surface area is 94.6 Å². The third kappa shape index (κ3) is 1.40. The zero-order valence-corrected chi connectivity index (χ0v) is 9.53. The zero-order chi connectivity index (χ0) is 10.4. The summed E-state index contributed by atoms with van der Waals surface area (Å²) in [5.41, 5.74) is 3.23. The van der Waals surface area contributed by atoms with Crippen molar-refractivity contribution in [2.75, 3.05) is 6.61 Å². The number of rotatable bonds is 0. The summed E-state index contributed by atoms with van der Waals surface area (Å²) in [5, 5.41) is 0.927. The Hall–Kier alpha value is -0.870. The van der Waals surface area contributed by atoms with Gasteiger partial charge < -0.3 is 9.72 Å². The highest BCUT2D eigenvalue weighted by Gasteiger charge is 2.17. The van der Waals surface area contributed by atoms with E-state index in [0.717, 1.165) is 34.0 Å². The molecule has 0 fully saturated rings. The molecule has 78 valence electrons. The van der Waals surface area contributed by atoms with E-state index in [4.69, 9.17) is 4.74 Å². The van der Waals surface area contributed by atoms with E-state index in [1.54, 1.807) is 6.07 Å². The van der Waals surface area contributed by atoms with Crippen LogP contribution >= 0.6 is 15.9 Å². The van der Waals surface area contributed by atoms with Gasteiger partial charge in [0.05, 0.1) is 18.7 Å². The summed E-state index contributed by atoms with van der Waals surface area (Å²) in [7, 11) is 0. The van der Waals surface area contributed by atoms with E-state index in [0.29, 0.717) is 6.61 Å². The highest BCUT2D eigenvalue weighted by Crippen LogP contribution is 2.31. The van der Waals surface area contributed by atoms with E-state index in [1.165, 1.54) is 11.8 Å². The van der Waals surface area contributed by atoms with E-state index in [-0.39, 0.29) is 5.82 Å². The Morgan fingerprint density at radius 3 is 3.13 bits per heavy atom. The van der Waals surface area contributed by atoms with E-state index in [9.17, 15) is 4.39 Å². The lowest BCUT2D eigenvalue weighted by molar-refractivity contribution is 0.111. The van der Waals surface area contributed by atoms with Gasteiger partial charge in [-0.15, -0.1) is 0 Å². The minimum absolute atomic E-state index is 0.221. The number of hydrogen-bond acceptors (Lipinski definition) is 1. The summed E-state index contributed by atoms with van der Waals surface area (Å²) >= 11 is 3.36. The highest BCUT2D eigenvalue weighted by atomic mass is 79.9. The second kappa shape index (κ2) is 3.32. The van der Waals surface area contributed by atoms with Crippen LogP contribution in [0.3, 0.4) is 0 Å². The maximum absolute atomic E-state index is 13.3. The summed E-state index contributed by atoms with van der Waals surface area (Å²) in [5.74, 6) is -0.221. The van der Waals surface area contributed by atoms with Crippen LogP contribution in [0.2, 0.25) is 0 Å². The summed E-state index contributed by atoms with van der Waals surface area (Å²) in [4.78, 5) is 3.32. The Kier molecular flexibility index (Phi) is 2.07. The van der Waals surface area contributed by atoms with Crippen molar-refractivity contribution < 1.29 is 9.13 Å². The fraction of sp³-hybridized carbons (Fsp3) is 0.273. The summed E-state index contributed by atoms with van der Waals surface area (Å²) < 4.78 is 19.4. The molecule has 0 saturated carbocycles. The minimum Gasteiger partial charge on any atom is -0.376 e. The average Bonchev–Trinajstić information content (AvgIpc) is 2.57. The molecule has 3 rings (SSSR count). The molecule has 0 amide bonds. The zero-order valence-electron chi connectivity index (χ0n) is 7.94. The Morgan fingerprint density at radius 2 is 2.27 bits per heavy atom. The molecule has 4 heteroatoms. The van der Waals surface area contributed by atoms with Crippen LogP contribution in [0.15, 0.2) is 16.6 Å². The smallest absolute Gasteiger partial charge is 0.125 e. The number of hydrogen-bond donors (Lipinski definition) is 1. The van der Waals surface area contributed by atoms with E-state index in [2.05, 4.69) is 20.9 Å². The van der Waals surface area contributed by atoms with Crippen molar-refractivity contribution in [1.82, 2.24) is 4.98 Å². The Bertz CT molecular complexity index is 535. The lowest BCUT2D eigenvalue weighted by Crippen LogP contribution is -2.08. The number of aromatic nitrogens is 1. The first-order valence-electron chi connectivity index (χ1n) is 4.82. The predicted molar refractivity (Wildman–Crippen MR) is 59.3 cm³/mol. The van der Waals surface area contributed by atoms with Gasteiger partial charge in [-0.25, -0.2) is 4.39 Å². The monoisotopic (exact) mass is 269 g/mol. The van der Waals surface area contributed by atoms with Crippen molar-refractivity contribution in [2.24, 2.45) is 0 Å². The molecular formula is C11H9BrFNO.